The first kappa shape index (κ1) is 18.2. The van der Waals surface area contributed by atoms with Gasteiger partial charge >= 0.3 is 0 Å². The van der Waals surface area contributed by atoms with Crippen molar-refractivity contribution in [1.82, 2.24) is 14.9 Å². The van der Waals surface area contributed by atoms with E-state index < -0.39 is 6.10 Å². The zero-order valence-electron chi connectivity index (χ0n) is 15.8. The molecule has 6 heteroatoms. The van der Waals surface area contributed by atoms with Gasteiger partial charge in [-0.05, 0) is 24.5 Å². The van der Waals surface area contributed by atoms with Crippen LogP contribution in [0.5, 0.6) is 5.75 Å². The van der Waals surface area contributed by atoms with Gasteiger partial charge < -0.3 is 14.5 Å². The summed E-state index contributed by atoms with van der Waals surface area (Å²) in [5, 5.41) is 0. The van der Waals surface area contributed by atoms with Crippen molar-refractivity contribution < 1.29 is 9.53 Å². The number of carbonyl (C=O) groups excluding carboxylic acids is 1. The Labute approximate surface area is 154 Å². The Morgan fingerprint density at radius 3 is 2.58 bits per heavy atom. The van der Waals surface area contributed by atoms with Crippen LogP contribution in [0.2, 0.25) is 0 Å². The molecule has 1 aliphatic rings. The minimum atomic E-state index is -0.505. The third-order valence-corrected chi connectivity index (χ3v) is 4.57. The maximum atomic E-state index is 13.1. The van der Waals surface area contributed by atoms with Crippen LogP contribution < -0.4 is 9.64 Å². The van der Waals surface area contributed by atoms with Crippen LogP contribution in [0.1, 0.15) is 25.1 Å². The molecule has 0 spiro atoms. The van der Waals surface area contributed by atoms with E-state index >= 15 is 0 Å². The summed E-state index contributed by atoms with van der Waals surface area (Å²) >= 11 is 0. The Kier molecular flexibility index (Phi) is 5.40. The van der Waals surface area contributed by atoms with Crippen molar-refractivity contribution in [3.63, 3.8) is 0 Å². The van der Waals surface area contributed by atoms with Gasteiger partial charge in [0.1, 0.15) is 17.9 Å². The number of fused-ring (bicyclic) bond motifs is 1. The molecular weight excluding hydrogens is 328 g/mol. The number of hydrogen-bond donors (Lipinski definition) is 0. The molecule has 0 saturated carbocycles. The van der Waals surface area contributed by atoms with Gasteiger partial charge in [0.2, 0.25) is 0 Å². The number of carbonyl (C=O) groups is 1. The number of ether oxygens (including phenoxy) is 1. The number of para-hydroxylation sites is 1. The summed E-state index contributed by atoms with van der Waals surface area (Å²) in [5.41, 5.74) is 2.05. The van der Waals surface area contributed by atoms with E-state index in [1.165, 1.54) is 0 Å². The average molecular weight is 354 g/mol. The lowest BCUT2D eigenvalue weighted by atomic mass is 10.0. The van der Waals surface area contributed by atoms with E-state index in [2.05, 4.69) is 9.97 Å². The first-order valence-corrected chi connectivity index (χ1v) is 8.98. The second-order valence-electron chi connectivity index (χ2n) is 7.12. The number of amides is 1. The zero-order valence-corrected chi connectivity index (χ0v) is 15.8. The van der Waals surface area contributed by atoms with Crippen LogP contribution in [0.4, 0.5) is 5.82 Å². The van der Waals surface area contributed by atoms with Gasteiger partial charge in [-0.1, -0.05) is 32.0 Å². The third kappa shape index (κ3) is 3.79. The van der Waals surface area contributed by atoms with Crippen molar-refractivity contribution in [3.05, 3.63) is 47.9 Å². The monoisotopic (exact) mass is 354 g/mol. The molecule has 1 aromatic carbocycles. The number of nitrogens with zero attached hydrogens (tertiary/aromatic N) is 4. The highest BCUT2D eigenvalue weighted by molar-refractivity contribution is 5.82. The fraction of sp³-hybridized carbons (Fsp3) is 0.450. The Morgan fingerprint density at radius 2 is 1.92 bits per heavy atom. The quantitative estimate of drug-likeness (QED) is 0.826. The molecule has 2 heterocycles. The number of hydrogen-bond acceptors (Lipinski definition) is 5. The molecule has 0 saturated heterocycles. The minimum Gasteiger partial charge on any atom is -0.480 e. The lowest BCUT2D eigenvalue weighted by Gasteiger charge is -2.33. The van der Waals surface area contributed by atoms with Gasteiger partial charge in [0.25, 0.3) is 5.91 Å². The molecule has 1 aromatic heterocycles. The van der Waals surface area contributed by atoms with E-state index in [-0.39, 0.29) is 11.8 Å². The molecule has 0 radical (unpaired) electrons. The van der Waals surface area contributed by atoms with Crippen LogP contribution in [0.3, 0.4) is 0 Å². The highest BCUT2D eigenvalue weighted by Gasteiger charge is 2.32. The second-order valence-corrected chi connectivity index (χ2v) is 7.12. The van der Waals surface area contributed by atoms with Gasteiger partial charge in [-0.2, -0.15) is 0 Å². The molecular formula is C20H26N4O2. The number of rotatable bonds is 5. The van der Waals surface area contributed by atoms with Crippen LogP contribution in [0.15, 0.2) is 36.7 Å². The molecule has 3 rings (SSSR count). The molecule has 6 nitrogen and oxygen atoms in total. The normalized spacial score (nSPS) is 14.7. The van der Waals surface area contributed by atoms with Crippen molar-refractivity contribution in [2.45, 2.75) is 32.9 Å². The van der Waals surface area contributed by atoms with E-state index in [1.54, 1.807) is 6.33 Å². The van der Waals surface area contributed by atoms with Gasteiger partial charge in [0.05, 0.1) is 12.2 Å². The first-order valence-electron chi connectivity index (χ1n) is 8.98. The summed E-state index contributed by atoms with van der Waals surface area (Å²) in [6.07, 6.45) is 1.82. The molecule has 1 atom stereocenters. The predicted molar refractivity (Wildman–Crippen MR) is 101 cm³/mol. The lowest BCUT2D eigenvalue weighted by molar-refractivity contribution is -0.141. The maximum Gasteiger partial charge on any atom is 0.264 e. The molecule has 1 aliphatic heterocycles. The second kappa shape index (κ2) is 7.72. The van der Waals surface area contributed by atoms with Crippen molar-refractivity contribution in [3.8, 4) is 5.75 Å². The van der Waals surface area contributed by atoms with Crippen LogP contribution in [-0.2, 0) is 17.8 Å². The number of anilines is 1. The molecule has 0 aliphatic carbocycles. The van der Waals surface area contributed by atoms with Crippen LogP contribution in [-0.4, -0.2) is 47.5 Å². The largest absolute Gasteiger partial charge is 0.480 e. The topological polar surface area (TPSA) is 58.6 Å². The first-order chi connectivity index (χ1) is 12.5. The lowest BCUT2D eigenvalue weighted by Crippen LogP contribution is -2.47. The molecule has 0 N–H and O–H groups in total. The predicted octanol–water partition coefficient (Wildman–Crippen LogP) is 2.53. The van der Waals surface area contributed by atoms with E-state index in [0.29, 0.717) is 18.8 Å². The Bertz CT molecular complexity index is 762. The van der Waals surface area contributed by atoms with Gasteiger partial charge in [0, 0.05) is 26.2 Å². The highest BCUT2D eigenvalue weighted by Crippen LogP contribution is 2.26. The molecule has 0 fully saturated rings. The summed E-state index contributed by atoms with van der Waals surface area (Å²) < 4.78 is 6.01. The Hall–Kier alpha value is -2.63. The molecule has 0 bridgehead atoms. The van der Waals surface area contributed by atoms with Crippen LogP contribution in [0.25, 0.3) is 0 Å². The number of benzene rings is 1. The Morgan fingerprint density at radius 1 is 1.19 bits per heavy atom. The van der Waals surface area contributed by atoms with Crippen LogP contribution >= 0.6 is 0 Å². The van der Waals surface area contributed by atoms with Gasteiger partial charge in [-0.25, -0.2) is 9.97 Å². The van der Waals surface area contributed by atoms with Crippen molar-refractivity contribution in [1.29, 1.82) is 0 Å². The molecule has 26 heavy (non-hydrogen) atoms. The van der Waals surface area contributed by atoms with Gasteiger partial charge in [-0.15, -0.1) is 0 Å². The summed E-state index contributed by atoms with van der Waals surface area (Å²) in [7, 11) is 3.95. The van der Waals surface area contributed by atoms with Crippen molar-refractivity contribution >= 4 is 11.7 Å². The zero-order chi connectivity index (χ0) is 18.7. The van der Waals surface area contributed by atoms with Crippen LogP contribution in [0, 0.1) is 5.92 Å². The molecule has 2 aromatic rings. The summed E-state index contributed by atoms with van der Waals surface area (Å²) in [6.45, 7) is 5.17. The SMILES string of the molecule is CC(C)[C@H](Oc1ccccc1)C(=O)N1CCc2c(ncnc2N(C)C)C1. The summed E-state index contributed by atoms with van der Waals surface area (Å²) in [5.74, 6) is 1.74. The average Bonchev–Trinajstić information content (AvgIpc) is 2.65. The van der Waals surface area contributed by atoms with Gasteiger partial charge in [-0.3, -0.25) is 4.79 Å². The van der Waals surface area contributed by atoms with E-state index in [1.807, 2.05) is 68.1 Å². The fourth-order valence-electron chi connectivity index (χ4n) is 3.21. The molecule has 0 unspecified atom stereocenters. The standard InChI is InChI=1S/C20H26N4O2/c1-14(2)18(26-15-8-6-5-7-9-15)20(25)24-11-10-16-17(12-24)21-13-22-19(16)23(3)4/h5-9,13-14,18H,10-12H2,1-4H3/t18-/m0/s1. The van der Waals surface area contributed by atoms with E-state index in [0.717, 1.165) is 23.5 Å². The van der Waals surface area contributed by atoms with Crippen molar-refractivity contribution in [2.75, 3.05) is 25.5 Å². The van der Waals surface area contributed by atoms with Gasteiger partial charge in [0.15, 0.2) is 6.10 Å². The fourth-order valence-corrected chi connectivity index (χ4v) is 3.21. The van der Waals surface area contributed by atoms with E-state index in [9.17, 15) is 4.79 Å². The molecule has 138 valence electrons. The summed E-state index contributed by atoms with van der Waals surface area (Å²) in [4.78, 5) is 25.7. The molecule has 1 amide bonds. The minimum absolute atomic E-state index is 0.0134. The number of aromatic nitrogens is 2. The summed E-state index contributed by atoms with van der Waals surface area (Å²) in [6, 6.07) is 9.51. The Balaban J connectivity index is 1.78. The smallest absolute Gasteiger partial charge is 0.264 e. The third-order valence-electron chi connectivity index (χ3n) is 4.57. The van der Waals surface area contributed by atoms with E-state index in [4.69, 9.17) is 4.74 Å². The maximum absolute atomic E-state index is 13.1. The van der Waals surface area contributed by atoms with Crippen molar-refractivity contribution in [2.24, 2.45) is 5.92 Å². The highest BCUT2D eigenvalue weighted by atomic mass is 16.5.